The molecule has 3 heteroatoms. The van der Waals surface area contributed by atoms with Crippen LogP contribution in [0.2, 0.25) is 0 Å². The van der Waals surface area contributed by atoms with E-state index in [0.29, 0.717) is 0 Å². The molecule has 2 unspecified atom stereocenters. The highest BCUT2D eigenvalue weighted by Crippen LogP contribution is 2.37. The third-order valence-electron chi connectivity index (χ3n) is 4.25. The lowest BCUT2D eigenvalue weighted by molar-refractivity contribution is 0.0766. The van der Waals surface area contributed by atoms with Crippen LogP contribution >= 0.6 is 0 Å². The Bertz CT molecular complexity index is 625. The molecule has 0 amide bonds. The van der Waals surface area contributed by atoms with Gasteiger partial charge in [-0.2, -0.15) is 0 Å². The van der Waals surface area contributed by atoms with E-state index in [9.17, 15) is 5.11 Å². The highest BCUT2D eigenvalue weighted by Gasteiger charge is 2.28. The number of aliphatic hydroxyl groups excluding tert-OH is 1. The molecule has 2 atom stereocenters. The maximum Gasteiger partial charge on any atom is 0.127 e. The van der Waals surface area contributed by atoms with Crippen LogP contribution in [0.15, 0.2) is 48.5 Å². The molecule has 0 saturated carbocycles. The van der Waals surface area contributed by atoms with Gasteiger partial charge in [0.2, 0.25) is 0 Å². The van der Waals surface area contributed by atoms with Crippen molar-refractivity contribution in [1.29, 1.82) is 0 Å². The van der Waals surface area contributed by atoms with Crippen molar-refractivity contribution in [2.45, 2.75) is 18.9 Å². The van der Waals surface area contributed by atoms with Gasteiger partial charge in [-0.05, 0) is 62.3 Å². The second kappa shape index (κ2) is 6.51. The third-order valence-corrected chi connectivity index (χ3v) is 4.25. The fourth-order valence-electron chi connectivity index (χ4n) is 3.18. The molecule has 1 aliphatic rings. The lowest BCUT2D eigenvalue weighted by Gasteiger charge is -2.32. The van der Waals surface area contributed by atoms with Gasteiger partial charge in [0.05, 0.1) is 6.10 Å². The number of ether oxygens (including phenoxy) is 1. The monoisotopic (exact) mass is 297 g/mol. The zero-order valence-electron chi connectivity index (χ0n) is 13.2. The topological polar surface area (TPSA) is 32.7 Å². The number of aryl methyl sites for hydroxylation is 1. The molecule has 1 aliphatic carbocycles. The van der Waals surface area contributed by atoms with E-state index in [1.165, 1.54) is 5.56 Å². The molecular weight excluding hydrogens is 274 g/mol. The third kappa shape index (κ3) is 3.32. The van der Waals surface area contributed by atoms with Gasteiger partial charge >= 0.3 is 0 Å². The molecule has 2 aromatic rings. The van der Waals surface area contributed by atoms with Gasteiger partial charge in [-0.15, -0.1) is 0 Å². The van der Waals surface area contributed by atoms with E-state index in [1.54, 1.807) is 0 Å². The summed E-state index contributed by atoms with van der Waals surface area (Å²) in [5, 5.41) is 10.7. The Labute approximate surface area is 132 Å². The van der Waals surface area contributed by atoms with Gasteiger partial charge in [0.15, 0.2) is 0 Å². The molecule has 0 bridgehead atoms. The SMILES string of the molecule is CN(C)CC1CCc2ccc(Oc3ccccc3)cc2C1O. The number of rotatable bonds is 4. The lowest BCUT2D eigenvalue weighted by atomic mass is 9.81. The Morgan fingerprint density at radius 1 is 1.09 bits per heavy atom. The predicted molar refractivity (Wildman–Crippen MR) is 88.3 cm³/mol. The first-order valence-corrected chi connectivity index (χ1v) is 7.82. The number of fused-ring (bicyclic) bond motifs is 1. The predicted octanol–water partition coefficient (Wildman–Crippen LogP) is 3.64. The number of hydrogen-bond acceptors (Lipinski definition) is 3. The second-order valence-corrected chi connectivity index (χ2v) is 6.28. The molecule has 1 N–H and O–H groups in total. The molecule has 3 rings (SSSR count). The smallest absolute Gasteiger partial charge is 0.127 e. The van der Waals surface area contributed by atoms with Crippen LogP contribution in [0.4, 0.5) is 0 Å². The van der Waals surface area contributed by atoms with Crippen LogP contribution in [0.1, 0.15) is 23.7 Å². The van der Waals surface area contributed by atoms with E-state index in [0.717, 1.165) is 36.4 Å². The van der Waals surface area contributed by atoms with E-state index >= 15 is 0 Å². The van der Waals surface area contributed by atoms with Gasteiger partial charge in [0, 0.05) is 12.5 Å². The average molecular weight is 297 g/mol. The van der Waals surface area contributed by atoms with Crippen molar-refractivity contribution in [3.63, 3.8) is 0 Å². The van der Waals surface area contributed by atoms with Crippen LogP contribution in [-0.4, -0.2) is 30.6 Å². The highest BCUT2D eigenvalue weighted by molar-refractivity contribution is 5.41. The molecule has 0 radical (unpaired) electrons. The van der Waals surface area contributed by atoms with Crippen LogP contribution in [0.3, 0.4) is 0 Å². The molecule has 0 heterocycles. The quantitative estimate of drug-likeness (QED) is 0.935. The van der Waals surface area contributed by atoms with Gasteiger partial charge in [0.1, 0.15) is 11.5 Å². The Morgan fingerprint density at radius 2 is 1.86 bits per heavy atom. The number of nitrogens with zero attached hydrogens (tertiary/aromatic N) is 1. The highest BCUT2D eigenvalue weighted by atomic mass is 16.5. The Hall–Kier alpha value is -1.84. The van der Waals surface area contributed by atoms with Gasteiger partial charge in [-0.3, -0.25) is 0 Å². The van der Waals surface area contributed by atoms with Crippen molar-refractivity contribution >= 4 is 0 Å². The van der Waals surface area contributed by atoms with Gasteiger partial charge in [-0.25, -0.2) is 0 Å². The average Bonchev–Trinajstić information content (AvgIpc) is 2.51. The van der Waals surface area contributed by atoms with Crippen molar-refractivity contribution in [2.75, 3.05) is 20.6 Å². The molecule has 22 heavy (non-hydrogen) atoms. The summed E-state index contributed by atoms with van der Waals surface area (Å²) in [5.41, 5.74) is 2.26. The van der Waals surface area contributed by atoms with E-state index in [2.05, 4.69) is 25.1 Å². The minimum absolute atomic E-state index is 0.287. The zero-order valence-corrected chi connectivity index (χ0v) is 13.2. The summed E-state index contributed by atoms with van der Waals surface area (Å²) in [6, 6.07) is 15.8. The first-order chi connectivity index (χ1) is 10.6. The Morgan fingerprint density at radius 3 is 2.59 bits per heavy atom. The van der Waals surface area contributed by atoms with Crippen molar-refractivity contribution in [2.24, 2.45) is 5.92 Å². The number of aliphatic hydroxyl groups is 1. The standard InChI is InChI=1S/C19H23NO2/c1-20(2)13-15-9-8-14-10-11-17(12-18(14)19(15)21)22-16-6-4-3-5-7-16/h3-7,10-12,15,19,21H,8-9,13H2,1-2H3. The number of hydrogen-bond donors (Lipinski definition) is 1. The minimum Gasteiger partial charge on any atom is -0.457 e. The maximum absolute atomic E-state index is 10.7. The van der Waals surface area contributed by atoms with E-state index in [-0.39, 0.29) is 5.92 Å². The molecule has 116 valence electrons. The van der Waals surface area contributed by atoms with Gasteiger partial charge < -0.3 is 14.7 Å². The maximum atomic E-state index is 10.7. The Kier molecular flexibility index (Phi) is 4.46. The molecule has 0 fully saturated rings. The van der Waals surface area contributed by atoms with Gasteiger partial charge in [-0.1, -0.05) is 24.3 Å². The van der Waals surface area contributed by atoms with E-state index < -0.39 is 6.10 Å². The van der Waals surface area contributed by atoms with Crippen molar-refractivity contribution < 1.29 is 9.84 Å². The van der Waals surface area contributed by atoms with Crippen LogP contribution in [0.25, 0.3) is 0 Å². The summed E-state index contributed by atoms with van der Waals surface area (Å²) in [7, 11) is 4.11. The van der Waals surface area contributed by atoms with Crippen LogP contribution in [0, 0.1) is 5.92 Å². The summed E-state index contributed by atoms with van der Waals surface area (Å²) in [4.78, 5) is 2.14. The molecule has 0 aromatic heterocycles. The normalized spacial score (nSPS) is 20.7. The van der Waals surface area contributed by atoms with Crippen molar-refractivity contribution in [3.8, 4) is 11.5 Å². The molecule has 0 saturated heterocycles. The summed E-state index contributed by atoms with van der Waals surface area (Å²) >= 11 is 0. The van der Waals surface area contributed by atoms with E-state index in [1.807, 2.05) is 42.5 Å². The second-order valence-electron chi connectivity index (χ2n) is 6.28. The lowest BCUT2D eigenvalue weighted by Crippen LogP contribution is -2.30. The van der Waals surface area contributed by atoms with Crippen LogP contribution in [0.5, 0.6) is 11.5 Å². The molecule has 0 spiro atoms. The largest absolute Gasteiger partial charge is 0.457 e. The van der Waals surface area contributed by atoms with E-state index in [4.69, 9.17) is 4.74 Å². The minimum atomic E-state index is -0.412. The molecule has 3 nitrogen and oxygen atoms in total. The fourth-order valence-corrected chi connectivity index (χ4v) is 3.18. The summed E-state index contributed by atoms with van der Waals surface area (Å²) in [6.45, 7) is 0.907. The first-order valence-electron chi connectivity index (χ1n) is 7.82. The zero-order chi connectivity index (χ0) is 15.5. The Balaban J connectivity index is 1.82. The van der Waals surface area contributed by atoms with Gasteiger partial charge in [0.25, 0.3) is 0 Å². The van der Waals surface area contributed by atoms with Crippen molar-refractivity contribution in [1.82, 2.24) is 4.90 Å². The van der Waals surface area contributed by atoms with Crippen LogP contribution < -0.4 is 4.74 Å². The number of benzene rings is 2. The van der Waals surface area contributed by atoms with Crippen LogP contribution in [-0.2, 0) is 6.42 Å². The first kappa shape index (κ1) is 15.1. The molecule has 2 aromatic carbocycles. The summed E-state index contributed by atoms with van der Waals surface area (Å²) in [5.74, 6) is 1.89. The molecular formula is C19H23NO2. The summed E-state index contributed by atoms with van der Waals surface area (Å²) in [6.07, 6.45) is 1.65. The summed E-state index contributed by atoms with van der Waals surface area (Å²) < 4.78 is 5.89. The number of para-hydroxylation sites is 1. The fraction of sp³-hybridized carbons (Fsp3) is 0.368. The molecule has 0 aliphatic heterocycles. The van der Waals surface area contributed by atoms with Crippen molar-refractivity contribution in [3.05, 3.63) is 59.7 Å².